The zero-order valence-electron chi connectivity index (χ0n) is 9.13. The molecular weight excluding hydrogens is 174 g/mol. The van der Waals surface area contributed by atoms with E-state index in [-0.39, 0.29) is 5.56 Å². The number of aryl methyl sites for hydroxylation is 1. The van der Waals surface area contributed by atoms with Gasteiger partial charge in [-0.3, -0.25) is 4.79 Å². The van der Waals surface area contributed by atoms with Crippen molar-refractivity contribution >= 4 is 0 Å². The molecule has 1 aromatic rings. The van der Waals surface area contributed by atoms with Crippen LogP contribution in [-0.2, 0) is 13.0 Å². The number of nitrogens with zero attached hydrogens (tertiary/aromatic N) is 1. The third-order valence-electron chi connectivity index (χ3n) is 3.03. The first-order chi connectivity index (χ1) is 6.61. The van der Waals surface area contributed by atoms with Gasteiger partial charge in [0.25, 0.3) is 5.56 Å². The lowest BCUT2D eigenvalue weighted by Gasteiger charge is -2.13. The minimum atomic E-state index is 0.210. The molecule has 14 heavy (non-hydrogen) atoms. The van der Waals surface area contributed by atoms with Crippen molar-refractivity contribution in [3.63, 3.8) is 0 Å². The predicted molar refractivity (Wildman–Crippen MR) is 57.8 cm³/mol. The molecule has 1 aliphatic rings. The van der Waals surface area contributed by atoms with Crippen molar-refractivity contribution in [2.75, 3.05) is 0 Å². The van der Waals surface area contributed by atoms with E-state index in [1.165, 1.54) is 11.3 Å². The number of pyridine rings is 1. The molecule has 76 valence electrons. The average Bonchev–Trinajstić information content (AvgIpc) is 2.59. The summed E-state index contributed by atoms with van der Waals surface area (Å²) in [5.41, 5.74) is 3.73. The zero-order valence-corrected chi connectivity index (χ0v) is 9.13. The number of hydrogen-bond acceptors (Lipinski definition) is 1. The Bertz CT molecular complexity index is 415. The Morgan fingerprint density at radius 1 is 1.43 bits per heavy atom. The first-order valence-electron chi connectivity index (χ1n) is 5.34. The van der Waals surface area contributed by atoms with Gasteiger partial charge in [-0.05, 0) is 37.3 Å². The smallest absolute Gasteiger partial charge is 0.253 e. The van der Waals surface area contributed by atoms with Gasteiger partial charge in [0.05, 0.1) is 0 Å². The predicted octanol–water partition coefficient (Wildman–Crippen LogP) is 2.23. The quantitative estimate of drug-likeness (QED) is 0.667. The highest BCUT2D eigenvalue weighted by atomic mass is 16.1. The molecule has 0 saturated heterocycles. The first kappa shape index (κ1) is 9.50. The van der Waals surface area contributed by atoms with Gasteiger partial charge in [-0.25, -0.2) is 0 Å². The van der Waals surface area contributed by atoms with Gasteiger partial charge in [-0.15, -0.1) is 0 Å². The molecule has 0 N–H and O–H groups in total. The molecule has 0 aromatic carbocycles. The molecule has 2 heterocycles. The first-order valence-corrected chi connectivity index (χ1v) is 5.34. The van der Waals surface area contributed by atoms with Crippen LogP contribution in [0.15, 0.2) is 10.9 Å². The van der Waals surface area contributed by atoms with Crippen molar-refractivity contribution in [1.29, 1.82) is 0 Å². The largest absolute Gasteiger partial charge is 0.312 e. The second-order valence-corrected chi connectivity index (χ2v) is 4.44. The van der Waals surface area contributed by atoms with Crippen molar-refractivity contribution in [2.24, 2.45) is 0 Å². The van der Waals surface area contributed by atoms with Gasteiger partial charge in [-0.2, -0.15) is 0 Å². The van der Waals surface area contributed by atoms with Gasteiger partial charge in [0.1, 0.15) is 0 Å². The minimum Gasteiger partial charge on any atom is -0.312 e. The van der Waals surface area contributed by atoms with Crippen LogP contribution in [0.5, 0.6) is 0 Å². The van der Waals surface area contributed by atoms with E-state index in [1.54, 1.807) is 0 Å². The Morgan fingerprint density at radius 3 is 2.79 bits per heavy atom. The van der Waals surface area contributed by atoms with Gasteiger partial charge in [0.2, 0.25) is 0 Å². The molecule has 0 fully saturated rings. The van der Waals surface area contributed by atoms with Crippen molar-refractivity contribution in [3.05, 3.63) is 33.2 Å². The average molecular weight is 191 g/mol. The molecule has 2 nitrogen and oxygen atoms in total. The third kappa shape index (κ3) is 1.29. The molecule has 1 aliphatic heterocycles. The summed E-state index contributed by atoms with van der Waals surface area (Å²) in [6.07, 6.45) is 2.20. The topological polar surface area (TPSA) is 22.0 Å². The molecule has 0 bridgehead atoms. The molecule has 0 unspecified atom stereocenters. The van der Waals surface area contributed by atoms with E-state index in [4.69, 9.17) is 0 Å². The second-order valence-electron chi connectivity index (χ2n) is 4.44. The van der Waals surface area contributed by atoms with Crippen molar-refractivity contribution < 1.29 is 0 Å². The summed E-state index contributed by atoms with van der Waals surface area (Å²) >= 11 is 0. The minimum absolute atomic E-state index is 0.210. The zero-order chi connectivity index (χ0) is 10.3. The number of aromatic nitrogens is 1. The molecule has 2 heteroatoms. The molecule has 0 atom stereocenters. The summed E-state index contributed by atoms with van der Waals surface area (Å²) < 4.78 is 1.96. The van der Waals surface area contributed by atoms with Crippen LogP contribution >= 0.6 is 0 Å². The Hall–Kier alpha value is -1.05. The van der Waals surface area contributed by atoms with E-state index >= 15 is 0 Å². The Morgan fingerprint density at radius 2 is 2.14 bits per heavy atom. The molecule has 0 spiro atoms. The fourth-order valence-electron chi connectivity index (χ4n) is 2.29. The van der Waals surface area contributed by atoms with Crippen molar-refractivity contribution in [1.82, 2.24) is 4.57 Å². The van der Waals surface area contributed by atoms with E-state index in [2.05, 4.69) is 19.9 Å². The monoisotopic (exact) mass is 191 g/mol. The Kier molecular flexibility index (Phi) is 2.22. The lowest BCUT2D eigenvalue weighted by atomic mass is 9.99. The maximum atomic E-state index is 11.8. The van der Waals surface area contributed by atoms with Gasteiger partial charge in [0.15, 0.2) is 0 Å². The molecule has 0 radical (unpaired) electrons. The maximum absolute atomic E-state index is 11.8. The molecule has 1 aromatic heterocycles. The van der Waals surface area contributed by atoms with Gasteiger partial charge in [-0.1, -0.05) is 13.8 Å². The molecular formula is C12H17NO. The highest BCUT2D eigenvalue weighted by molar-refractivity contribution is 5.30. The SMILES string of the molecule is Cc1cc(C(C)C)c2n(c1=O)CCC2. The number of rotatable bonds is 1. The molecule has 2 rings (SSSR count). The van der Waals surface area contributed by atoms with Gasteiger partial charge < -0.3 is 4.57 Å². The number of fused-ring (bicyclic) bond motifs is 1. The van der Waals surface area contributed by atoms with Crippen LogP contribution in [0.3, 0.4) is 0 Å². The van der Waals surface area contributed by atoms with Gasteiger partial charge in [0, 0.05) is 17.8 Å². The fourth-order valence-corrected chi connectivity index (χ4v) is 2.29. The van der Waals surface area contributed by atoms with Crippen LogP contribution in [0.1, 0.15) is 43.0 Å². The maximum Gasteiger partial charge on any atom is 0.253 e. The summed E-state index contributed by atoms with van der Waals surface area (Å²) in [5, 5.41) is 0. The molecule has 0 saturated carbocycles. The van der Waals surface area contributed by atoms with Crippen molar-refractivity contribution in [3.8, 4) is 0 Å². The van der Waals surface area contributed by atoms with E-state index in [0.717, 1.165) is 24.9 Å². The third-order valence-corrected chi connectivity index (χ3v) is 3.03. The molecule has 0 amide bonds. The summed E-state index contributed by atoms with van der Waals surface area (Å²) in [7, 11) is 0. The highest BCUT2D eigenvalue weighted by Gasteiger charge is 2.18. The van der Waals surface area contributed by atoms with E-state index < -0.39 is 0 Å². The van der Waals surface area contributed by atoms with E-state index in [0.29, 0.717) is 5.92 Å². The summed E-state index contributed by atoms with van der Waals surface area (Å²) in [5.74, 6) is 0.522. The second kappa shape index (κ2) is 3.26. The fraction of sp³-hybridized carbons (Fsp3) is 0.583. The lowest BCUT2D eigenvalue weighted by Crippen LogP contribution is -2.23. The summed E-state index contributed by atoms with van der Waals surface area (Å²) in [4.78, 5) is 11.8. The van der Waals surface area contributed by atoms with E-state index in [1.807, 2.05) is 11.5 Å². The van der Waals surface area contributed by atoms with Crippen LogP contribution in [0.4, 0.5) is 0 Å². The van der Waals surface area contributed by atoms with E-state index in [9.17, 15) is 4.79 Å². The van der Waals surface area contributed by atoms with Crippen LogP contribution in [0.25, 0.3) is 0 Å². The molecule has 0 aliphatic carbocycles. The van der Waals surface area contributed by atoms with Crippen LogP contribution in [0, 0.1) is 6.92 Å². The van der Waals surface area contributed by atoms with Crippen LogP contribution in [-0.4, -0.2) is 4.57 Å². The highest BCUT2D eigenvalue weighted by Crippen LogP contribution is 2.24. The van der Waals surface area contributed by atoms with Crippen molar-refractivity contribution in [2.45, 2.75) is 46.1 Å². The number of hydrogen-bond donors (Lipinski definition) is 0. The standard InChI is InChI=1S/C12H17NO/c1-8(2)10-7-9(3)12(14)13-6-4-5-11(10)13/h7-8H,4-6H2,1-3H3. The summed E-state index contributed by atoms with van der Waals surface area (Å²) in [6.45, 7) is 7.21. The summed E-state index contributed by atoms with van der Waals surface area (Å²) in [6, 6.07) is 2.07. The van der Waals surface area contributed by atoms with Gasteiger partial charge >= 0.3 is 0 Å². The van der Waals surface area contributed by atoms with Crippen LogP contribution in [0.2, 0.25) is 0 Å². The van der Waals surface area contributed by atoms with Crippen LogP contribution < -0.4 is 5.56 Å². The Balaban J connectivity index is 2.70. The Labute approximate surface area is 84.6 Å². The normalized spacial score (nSPS) is 14.9. The lowest BCUT2D eigenvalue weighted by molar-refractivity contribution is 0.705.